The van der Waals surface area contributed by atoms with Crippen LogP contribution in [0.15, 0.2) is 0 Å². The van der Waals surface area contributed by atoms with Gasteiger partial charge in [0.25, 0.3) is 0 Å². The lowest BCUT2D eigenvalue weighted by molar-refractivity contribution is 0.106. The van der Waals surface area contributed by atoms with E-state index < -0.39 is 19.1 Å². The molecule has 0 aliphatic rings. The van der Waals surface area contributed by atoms with Crippen LogP contribution in [0.3, 0.4) is 0 Å². The van der Waals surface area contributed by atoms with Crippen LogP contribution >= 0.6 is 0 Å². The summed E-state index contributed by atoms with van der Waals surface area (Å²) in [5, 5.41) is 0. The van der Waals surface area contributed by atoms with Gasteiger partial charge in [-0.1, -0.05) is 0 Å². The van der Waals surface area contributed by atoms with Gasteiger partial charge in [0.15, 0.2) is 0 Å². The normalized spacial score (nSPS) is 10.3. The molecule has 0 radical (unpaired) electrons. The molecule has 0 unspecified atom stereocenters. The summed E-state index contributed by atoms with van der Waals surface area (Å²) in [6.07, 6.45) is 0. The van der Waals surface area contributed by atoms with E-state index in [4.69, 9.17) is 26.6 Å². The topological polar surface area (TPSA) is 86.9 Å². The summed E-state index contributed by atoms with van der Waals surface area (Å²) < 4.78 is 31.3. The lowest BCUT2D eigenvalue weighted by Crippen LogP contribution is -2.27. The molecule has 0 aromatic heterocycles. The summed E-state index contributed by atoms with van der Waals surface area (Å²) in [5.74, 6) is 0. The van der Waals surface area contributed by atoms with Crippen molar-refractivity contribution in [2.24, 2.45) is 0 Å². The van der Waals surface area contributed by atoms with Gasteiger partial charge in [-0.15, -0.1) is 0 Å². The minimum Gasteiger partial charge on any atom is -0.412 e. The zero-order valence-electron chi connectivity index (χ0n) is 14.3. The smallest absolute Gasteiger partial charge is 0.412 e. The molecule has 0 amide bonds. The maximum atomic E-state index is 5.22. The molecule has 0 saturated carbocycles. The maximum absolute atomic E-state index is 5.22. The van der Waals surface area contributed by atoms with Crippen LogP contribution in [0.5, 0.6) is 0 Å². The molecule has 0 saturated heterocycles. The van der Waals surface area contributed by atoms with E-state index in [2.05, 4.69) is 0 Å². The molecule has 7 nitrogen and oxygen atoms in total. The minimum atomic E-state index is -1.73. The molecule has 21 heavy (non-hydrogen) atoms. The van der Waals surface area contributed by atoms with Crippen LogP contribution in [0.1, 0.15) is 41.5 Å². The Hall–Kier alpha value is 0.154. The lowest BCUT2D eigenvalue weighted by atomic mass is 10.9. The van der Waals surface area contributed by atoms with E-state index in [0.29, 0.717) is 39.6 Å². The average Bonchev–Trinajstić information content (AvgIpc) is 2.41. The highest BCUT2D eigenvalue weighted by molar-refractivity contribution is 6.36. The predicted octanol–water partition coefficient (Wildman–Crippen LogP) is 0.801. The van der Waals surface area contributed by atoms with Gasteiger partial charge in [-0.25, -0.2) is 0 Å². The molecule has 132 valence electrons. The Morgan fingerprint density at radius 2 is 0.571 bits per heavy atom. The second-order valence-electron chi connectivity index (χ2n) is 3.31. The van der Waals surface area contributed by atoms with Crippen molar-refractivity contribution in [1.82, 2.24) is 0 Å². The molecular formula is C12H34O7Si2. The quantitative estimate of drug-likeness (QED) is 0.486. The van der Waals surface area contributed by atoms with E-state index in [0.717, 1.165) is 0 Å². The van der Waals surface area contributed by atoms with Crippen molar-refractivity contribution in [2.75, 3.05) is 39.6 Å². The highest BCUT2D eigenvalue weighted by atomic mass is 28.3. The van der Waals surface area contributed by atoms with Crippen LogP contribution < -0.4 is 0 Å². The molecule has 9 heteroatoms. The van der Waals surface area contributed by atoms with Crippen molar-refractivity contribution in [3.8, 4) is 0 Å². The first-order valence-corrected chi connectivity index (χ1v) is 10.2. The molecule has 0 rings (SSSR count). The summed E-state index contributed by atoms with van der Waals surface area (Å²) in [7, 11) is -3.47. The van der Waals surface area contributed by atoms with Gasteiger partial charge in [-0.05, 0) is 41.5 Å². The second-order valence-corrected chi connectivity index (χ2v) is 6.46. The van der Waals surface area contributed by atoms with Gasteiger partial charge >= 0.3 is 19.1 Å². The third kappa shape index (κ3) is 20.2. The van der Waals surface area contributed by atoms with Crippen LogP contribution in [0.25, 0.3) is 0 Å². The fraction of sp³-hybridized carbons (Fsp3) is 1.00. The third-order valence-electron chi connectivity index (χ3n) is 1.82. The maximum Gasteiger partial charge on any atom is 0.484 e. The van der Waals surface area contributed by atoms with Crippen molar-refractivity contribution in [1.29, 1.82) is 0 Å². The van der Waals surface area contributed by atoms with Crippen molar-refractivity contribution < 1.29 is 32.0 Å². The molecule has 0 aliphatic carbocycles. The highest BCUT2D eigenvalue weighted by Crippen LogP contribution is 1.91. The van der Waals surface area contributed by atoms with E-state index in [9.17, 15) is 0 Å². The van der Waals surface area contributed by atoms with Crippen molar-refractivity contribution in [3.63, 3.8) is 0 Å². The van der Waals surface area contributed by atoms with Gasteiger partial charge in [-0.2, -0.15) is 0 Å². The van der Waals surface area contributed by atoms with Gasteiger partial charge in [0, 0.05) is 39.6 Å². The predicted molar refractivity (Wildman–Crippen MR) is 87.7 cm³/mol. The Labute approximate surface area is 133 Å². The summed E-state index contributed by atoms with van der Waals surface area (Å²) in [6, 6.07) is 0. The van der Waals surface area contributed by atoms with Crippen LogP contribution in [0, 0.1) is 0 Å². The molecule has 0 bridgehead atoms. The van der Waals surface area contributed by atoms with Gasteiger partial charge < -0.3 is 32.0 Å². The fourth-order valence-corrected chi connectivity index (χ4v) is 3.32. The second kappa shape index (κ2) is 22.4. The van der Waals surface area contributed by atoms with Crippen LogP contribution in [-0.4, -0.2) is 64.2 Å². The van der Waals surface area contributed by atoms with Crippen LogP contribution in [-0.2, 0) is 26.6 Å². The minimum absolute atomic E-state index is 0. The Morgan fingerprint density at radius 3 is 0.667 bits per heavy atom. The van der Waals surface area contributed by atoms with E-state index in [1.54, 1.807) is 0 Å². The van der Waals surface area contributed by atoms with E-state index in [1.807, 2.05) is 41.5 Å². The zero-order chi connectivity index (χ0) is 15.6. The molecule has 0 spiro atoms. The number of rotatable bonds is 12. The molecule has 0 fully saturated rings. The number of hydrogen-bond acceptors (Lipinski definition) is 6. The molecule has 0 atom stereocenters. The van der Waals surface area contributed by atoms with Crippen LogP contribution in [0.4, 0.5) is 0 Å². The first kappa shape index (κ1) is 26.1. The summed E-state index contributed by atoms with van der Waals surface area (Å²) in [5.41, 5.74) is 0. The van der Waals surface area contributed by atoms with Crippen LogP contribution in [0.2, 0.25) is 0 Å². The molecule has 0 aromatic carbocycles. The largest absolute Gasteiger partial charge is 0.484 e. The molecule has 0 aromatic rings. The van der Waals surface area contributed by atoms with E-state index in [1.165, 1.54) is 0 Å². The highest BCUT2D eigenvalue weighted by Gasteiger charge is 2.11. The average molecular weight is 347 g/mol. The lowest BCUT2D eigenvalue weighted by Gasteiger charge is -2.12. The van der Waals surface area contributed by atoms with Gasteiger partial charge in [0.1, 0.15) is 0 Å². The fourth-order valence-electron chi connectivity index (χ4n) is 1.11. The Morgan fingerprint density at radius 1 is 0.429 bits per heavy atom. The molecular weight excluding hydrogens is 312 g/mol. The standard InChI is InChI=1S/2C6H16O3Si.H2O/c2*1-4-7-10(8-5-2)9-6-3;/h2*10H,4-6H2,1-3H3;1H2. The molecule has 0 heterocycles. The van der Waals surface area contributed by atoms with Gasteiger partial charge in [0.05, 0.1) is 0 Å². The first-order chi connectivity index (χ1) is 9.69. The Balaban J connectivity index is -0.000000295. The third-order valence-corrected chi connectivity index (χ3v) is 5.45. The summed E-state index contributed by atoms with van der Waals surface area (Å²) >= 11 is 0. The first-order valence-electron chi connectivity index (χ1n) is 7.39. The zero-order valence-corrected chi connectivity index (χ0v) is 16.7. The SMILES string of the molecule is CCO[SiH](OCC)OCC.CCO[SiH](OCC)OCC.O. The summed E-state index contributed by atoms with van der Waals surface area (Å²) in [6.45, 7) is 15.7. The Kier molecular flexibility index (Phi) is 27.9. The van der Waals surface area contributed by atoms with E-state index >= 15 is 0 Å². The molecule has 2 N–H and O–H groups in total. The Bertz CT molecular complexity index is 131. The van der Waals surface area contributed by atoms with Crippen molar-refractivity contribution in [2.45, 2.75) is 41.5 Å². The van der Waals surface area contributed by atoms with Gasteiger partial charge in [0.2, 0.25) is 0 Å². The monoisotopic (exact) mass is 346 g/mol. The summed E-state index contributed by atoms with van der Waals surface area (Å²) in [4.78, 5) is 0. The van der Waals surface area contributed by atoms with Gasteiger partial charge in [-0.3, -0.25) is 0 Å². The number of hydrogen-bond donors (Lipinski definition) is 0. The van der Waals surface area contributed by atoms with Crippen molar-refractivity contribution >= 4 is 19.1 Å². The van der Waals surface area contributed by atoms with E-state index in [-0.39, 0.29) is 5.48 Å². The van der Waals surface area contributed by atoms with Crippen molar-refractivity contribution in [3.05, 3.63) is 0 Å². The molecule has 0 aliphatic heterocycles.